The molecule has 0 aromatic rings. The van der Waals surface area contributed by atoms with Gasteiger partial charge in [0.25, 0.3) is 0 Å². The van der Waals surface area contributed by atoms with Gasteiger partial charge < -0.3 is 10.4 Å². The smallest absolute Gasteiger partial charge is 0.221 e. The Kier molecular flexibility index (Phi) is 1.94. The van der Waals surface area contributed by atoms with E-state index in [-0.39, 0.29) is 5.91 Å². The van der Waals surface area contributed by atoms with Crippen LogP contribution in [0.1, 0.15) is 26.2 Å². The molecule has 0 aromatic carbocycles. The van der Waals surface area contributed by atoms with Crippen LogP contribution < -0.4 is 5.32 Å². The minimum absolute atomic E-state index is 0.108. The van der Waals surface area contributed by atoms with Crippen molar-refractivity contribution in [2.45, 2.75) is 26.2 Å². The standard InChI is InChI=1S/C7H11NO2/c1-5(9)8-6-3-2-4-7(6)10/h10H,2-4H2,1H3,(H,8,9). The van der Waals surface area contributed by atoms with Gasteiger partial charge in [-0.1, -0.05) is 0 Å². The highest BCUT2D eigenvalue weighted by molar-refractivity contribution is 5.75. The van der Waals surface area contributed by atoms with Gasteiger partial charge in [-0.25, -0.2) is 0 Å². The maximum Gasteiger partial charge on any atom is 0.221 e. The van der Waals surface area contributed by atoms with Crippen molar-refractivity contribution in [1.29, 1.82) is 0 Å². The Labute approximate surface area is 59.7 Å². The van der Waals surface area contributed by atoms with Crippen LogP contribution >= 0.6 is 0 Å². The fourth-order valence-electron chi connectivity index (χ4n) is 1.07. The summed E-state index contributed by atoms with van der Waals surface area (Å²) in [6.45, 7) is 1.44. The highest BCUT2D eigenvalue weighted by Gasteiger charge is 2.13. The van der Waals surface area contributed by atoms with Crippen LogP contribution in [-0.2, 0) is 4.79 Å². The second kappa shape index (κ2) is 2.73. The summed E-state index contributed by atoms with van der Waals surface area (Å²) in [5, 5.41) is 11.7. The van der Waals surface area contributed by atoms with Crippen LogP contribution in [-0.4, -0.2) is 11.0 Å². The number of carbonyl (C=O) groups is 1. The van der Waals surface area contributed by atoms with Gasteiger partial charge in [0.05, 0.1) is 5.70 Å². The van der Waals surface area contributed by atoms with Crippen LogP contribution in [0.3, 0.4) is 0 Å². The van der Waals surface area contributed by atoms with Gasteiger partial charge in [-0.2, -0.15) is 0 Å². The molecule has 3 nitrogen and oxygen atoms in total. The zero-order chi connectivity index (χ0) is 7.56. The molecule has 0 bridgehead atoms. The predicted molar refractivity (Wildman–Crippen MR) is 37.3 cm³/mol. The Morgan fingerprint density at radius 1 is 1.60 bits per heavy atom. The summed E-state index contributed by atoms with van der Waals surface area (Å²) < 4.78 is 0. The van der Waals surface area contributed by atoms with Crippen molar-refractivity contribution in [1.82, 2.24) is 5.32 Å². The molecule has 0 spiro atoms. The van der Waals surface area contributed by atoms with Gasteiger partial charge in [0.2, 0.25) is 5.91 Å². The van der Waals surface area contributed by atoms with E-state index in [1.165, 1.54) is 6.92 Å². The van der Waals surface area contributed by atoms with E-state index in [4.69, 9.17) is 5.11 Å². The van der Waals surface area contributed by atoms with Crippen LogP contribution in [0.2, 0.25) is 0 Å². The molecule has 0 unspecified atom stereocenters. The van der Waals surface area contributed by atoms with Gasteiger partial charge in [-0.15, -0.1) is 0 Å². The average Bonchev–Trinajstić information content (AvgIpc) is 2.15. The summed E-state index contributed by atoms with van der Waals surface area (Å²) in [7, 11) is 0. The lowest BCUT2D eigenvalue weighted by Gasteiger charge is -2.01. The number of allylic oxidation sites excluding steroid dienone is 2. The van der Waals surface area contributed by atoms with E-state index < -0.39 is 0 Å². The Morgan fingerprint density at radius 3 is 2.70 bits per heavy atom. The Morgan fingerprint density at radius 2 is 2.30 bits per heavy atom. The summed E-state index contributed by atoms with van der Waals surface area (Å²) in [6.07, 6.45) is 2.45. The van der Waals surface area contributed by atoms with Crippen LogP contribution in [0.5, 0.6) is 0 Å². The first kappa shape index (κ1) is 7.12. The molecule has 0 atom stereocenters. The topological polar surface area (TPSA) is 49.3 Å². The van der Waals surface area contributed by atoms with Gasteiger partial charge in [0.15, 0.2) is 0 Å². The molecule has 0 aliphatic heterocycles. The molecule has 0 saturated carbocycles. The maximum atomic E-state index is 10.5. The summed E-state index contributed by atoms with van der Waals surface area (Å²) in [5.41, 5.74) is 0.701. The average molecular weight is 141 g/mol. The second-order valence-electron chi connectivity index (χ2n) is 2.46. The number of hydrogen-bond acceptors (Lipinski definition) is 2. The first-order valence-corrected chi connectivity index (χ1v) is 3.38. The zero-order valence-electron chi connectivity index (χ0n) is 5.98. The van der Waals surface area contributed by atoms with E-state index in [1.807, 2.05) is 0 Å². The van der Waals surface area contributed by atoms with Crippen LogP contribution in [0.15, 0.2) is 11.5 Å². The number of amides is 1. The van der Waals surface area contributed by atoms with E-state index in [2.05, 4.69) is 5.32 Å². The van der Waals surface area contributed by atoms with Crippen molar-refractivity contribution in [3.05, 3.63) is 11.5 Å². The molecule has 10 heavy (non-hydrogen) atoms. The molecule has 1 rings (SSSR count). The highest BCUT2D eigenvalue weighted by Crippen LogP contribution is 2.20. The summed E-state index contributed by atoms with van der Waals surface area (Å²) in [6, 6.07) is 0. The molecule has 3 heteroatoms. The van der Waals surface area contributed by atoms with E-state index in [9.17, 15) is 4.79 Å². The third-order valence-electron chi connectivity index (χ3n) is 1.52. The molecule has 1 aliphatic carbocycles. The third kappa shape index (κ3) is 1.50. The highest BCUT2D eigenvalue weighted by atomic mass is 16.3. The van der Waals surface area contributed by atoms with E-state index in [0.717, 1.165) is 12.8 Å². The van der Waals surface area contributed by atoms with Crippen molar-refractivity contribution in [3.8, 4) is 0 Å². The lowest BCUT2D eigenvalue weighted by molar-refractivity contribution is -0.118. The van der Waals surface area contributed by atoms with E-state index in [0.29, 0.717) is 17.9 Å². The van der Waals surface area contributed by atoms with Gasteiger partial charge in [0.1, 0.15) is 5.76 Å². The fourth-order valence-corrected chi connectivity index (χ4v) is 1.07. The molecule has 1 aliphatic rings. The molecular weight excluding hydrogens is 130 g/mol. The Balaban J connectivity index is 2.54. The number of carbonyl (C=O) groups excluding carboxylic acids is 1. The largest absolute Gasteiger partial charge is 0.511 e. The van der Waals surface area contributed by atoms with Crippen molar-refractivity contribution in [3.63, 3.8) is 0 Å². The normalized spacial score (nSPS) is 17.7. The van der Waals surface area contributed by atoms with Crippen LogP contribution in [0, 0.1) is 0 Å². The van der Waals surface area contributed by atoms with Crippen molar-refractivity contribution in [2.75, 3.05) is 0 Å². The minimum atomic E-state index is -0.108. The van der Waals surface area contributed by atoms with Gasteiger partial charge >= 0.3 is 0 Å². The quantitative estimate of drug-likeness (QED) is 0.574. The third-order valence-corrected chi connectivity index (χ3v) is 1.52. The maximum absolute atomic E-state index is 10.5. The number of nitrogens with one attached hydrogen (secondary N) is 1. The van der Waals surface area contributed by atoms with Gasteiger partial charge in [0, 0.05) is 13.3 Å². The molecular formula is C7H11NO2. The zero-order valence-corrected chi connectivity index (χ0v) is 5.98. The van der Waals surface area contributed by atoms with Gasteiger partial charge in [-0.3, -0.25) is 4.79 Å². The molecule has 2 N–H and O–H groups in total. The fraction of sp³-hybridized carbons (Fsp3) is 0.571. The molecule has 0 aromatic heterocycles. The summed E-state index contributed by atoms with van der Waals surface area (Å²) >= 11 is 0. The van der Waals surface area contributed by atoms with E-state index in [1.54, 1.807) is 0 Å². The predicted octanol–water partition coefficient (Wildman–Crippen LogP) is 1.08. The molecule has 0 radical (unpaired) electrons. The van der Waals surface area contributed by atoms with Crippen molar-refractivity contribution < 1.29 is 9.90 Å². The summed E-state index contributed by atoms with van der Waals surface area (Å²) in [5.74, 6) is 0.235. The lowest BCUT2D eigenvalue weighted by Crippen LogP contribution is -2.18. The molecule has 0 saturated heterocycles. The van der Waals surface area contributed by atoms with Gasteiger partial charge in [-0.05, 0) is 12.8 Å². The molecule has 1 amide bonds. The monoisotopic (exact) mass is 141 g/mol. The number of hydrogen-bond donors (Lipinski definition) is 2. The first-order chi connectivity index (χ1) is 4.70. The van der Waals surface area contributed by atoms with Crippen LogP contribution in [0.4, 0.5) is 0 Å². The molecule has 0 heterocycles. The first-order valence-electron chi connectivity index (χ1n) is 3.38. The molecule has 56 valence electrons. The number of aliphatic hydroxyl groups excluding tert-OH is 1. The Bertz CT molecular complexity index is 184. The summed E-state index contributed by atoms with van der Waals surface area (Å²) in [4.78, 5) is 10.5. The van der Waals surface area contributed by atoms with Crippen molar-refractivity contribution >= 4 is 5.91 Å². The van der Waals surface area contributed by atoms with Crippen molar-refractivity contribution in [2.24, 2.45) is 0 Å². The minimum Gasteiger partial charge on any atom is -0.511 e. The SMILES string of the molecule is CC(=O)NC1=C(O)CCC1. The number of aliphatic hydroxyl groups is 1. The lowest BCUT2D eigenvalue weighted by atomic mass is 10.3. The van der Waals surface area contributed by atoms with Crippen LogP contribution in [0.25, 0.3) is 0 Å². The Hall–Kier alpha value is -0.990. The number of rotatable bonds is 1. The molecule has 0 fully saturated rings. The second-order valence-corrected chi connectivity index (χ2v) is 2.46. The van der Waals surface area contributed by atoms with E-state index >= 15 is 0 Å².